The van der Waals surface area contributed by atoms with Crippen molar-refractivity contribution in [3.05, 3.63) is 24.3 Å². The predicted molar refractivity (Wildman–Crippen MR) is 90.6 cm³/mol. The minimum Gasteiger partial charge on any atom is -0.463 e. The molecule has 128 valence electrons. The molecule has 0 aromatic carbocycles. The van der Waals surface area contributed by atoms with Crippen LogP contribution in [0.15, 0.2) is 24.3 Å². The molecule has 22 heavy (non-hydrogen) atoms. The molecule has 0 bridgehead atoms. The van der Waals surface area contributed by atoms with Crippen molar-refractivity contribution in [3.8, 4) is 0 Å². The molecular weight excluding hydrogens is 280 g/mol. The highest BCUT2D eigenvalue weighted by Crippen LogP contribution is 2.36. The summed E-state index contributed by atoms with van der Waals surface area (Å²) in [5.74, 6) is -0.545. The van der Waals surface area contributed by atoms with Crippen molar-refractivity contribution in [2.45, 2.75) is 72.8 Å². The minimum atomic E-state index is -0.312. The average Bonchev–Trinajstić information content (AvgIpc) is 2.88. The molecule has 0 unspecified atom stereocenters. The Kier molecular flexibility index (Phi) is 11.4. The molecule has 1 aliphatic rings. The smallest absolute Gasteiger partial charge is 0.333 e. The van der Waals surface area contributed by atoms with Gasteiger partial charge in [-0.05, 0) is 52.9 Å². The molecule has 0 N–H and O–H groups in total. The lowest BCUT2D eigenvalue weighted by Gasteiger charge is -2.27. The first-order valence-corrected chi connectivity index (χ1v) is 7.49. The second-order valence-corrected chi connectivity index (χ2v) is 5.41. The lowest BCUT2D eigenvalue weighted by Crippen LogP contribution is -2.31. The standard InChI is InChI=1S/C11H18O2.C6H10O2.CH4/c1-4-11(7-5-6-8-11)13-10(12)9(2)3;1-4-8-6(7)5(2)3;/h2,4-8H2,1,3H3;2,4H2,1,3H3;1H4. The third-order valence-corrected chi connectivity index (χ3v) is 3.44. The number of carbonyl (C=O) groups excluding carboxylic acids is 2. The van der Waals surface area contributed by atoms with Crippen molar-refractivity contribution in [3.63, 3.8) is 0 Å². The largest absolute Gasteiger partial charge is 0.463 e. The van der Waals surface area contributed by atoms with Gasteiger partial charge in [0.05, 0.1) is 6.61 Å². The number of ether oxygens (including phenoxy) is 2. The van der Waals surface area contributed by atoms with E-state index < -0.39 is 0 Å². The Morgan fingerprint density at radius 1 is 1.00 bits per heavy atom. The Balaban J connectivity index is 0. The Morgan fingerprint density at radius 2 is 1.45 bits per heavy atom. The Morgan fingerprint density at radius 3 is 1.73 bits per heavy atom. The molecule has 1 rings (SSSR count). The molecule has 1 fully saturated rings. The van der Waals surface area contributed by atoms with Gasteiger partial charge in [0.2, 0.25) is 0 Å². The van der Waals surface area contributed by atoms with Gasteiger partial charge in [-0.3, -0.25) is 0 Å². The fourth-order valence-corrected chi connectivity index (χ4v) is 2.09. The van der Waals surface area contributed by atoms with Gasteiger partial charge in [0.1, 0.15) is 5.60 Å². The molecule has 4 heteroatoms. The van der Waals surface area contributed by atoms with Crippen LogP contribution in [0.5, 0.6) is 0 Å². The molecule has 0 saturated heterocycles. The van der Waals surface area contributed by atoms with Gasteiger partial charge in [-0.2, -0.15) is 0 Å². The molecule has 0 aliphatic heterocycles. The van der Waals surface area contributed by atoms with Gasteiger partial charge in [-0.25, -0.2) is 9.59 Å². The molecule has 0 spiro atoms. The lowest BCUT2D eigenvalue weighted by molar-refractivity contribution is -0.154. The van der Waals surface area contributed by atoms with Crippen LogP contribution in [0.2, 0.25) is 0 Å². The van der Waals surface area contributed by atoms with E-state index in [0.717, 1.165) is 19.3 Å². The van der Waals surface area contributed by atoms with E-state index >= 15 is 0 Å². The summed E-state index contributed by atoms with van der Waals surface area (Å²) >= 11 is 0. The lowest BCUT2D eigenvalue weighted by atomic mass is 9.99. The molecule has 0 amide bonds. The minimum absolute atomic E-state index is 0. The maximum absolute atomic E-state index is 11.3. The van der Waals surface area contributed by atoms with Crippen LogP contribution in [-0.4, -0.2) is 24.1 Å². The number of hydrogen-bond acceptors (Lipinski definition) is 4. The van der Waals surface area contributed by atoms with Crippen LogP contribution in [0.25, 0.3) is 0 Å². The summed E-state index contributed by atoms with van der Waals surface area (Å²) in [4.78, 5) is 21.8. The van der Waals surface area contributed by atoms with E-state index in [1.54, 1.807) is 20.8 Å². The summed E-state index contributed by atoms with van der Waals surface area (Å²) in [6, 6.07) is 0. The number of carbonyl (C=O) groups is 2. The highest BCUT2D eigenvalue weighted by atomic mass is 16.6. The molecule has 4 nitrogen and oxygen atoms in total. The van der Waals surface area contributed by atoms with Gasteiger partial charge >= 0.3 is 11.9 Å². The van der Waals surface area contributed by atoms with Crippen molar-refractivity contribution in [1.29, 1.82) is 0 Å². The Bertz CT molecular complexity index is 390. The second kappa shape index (κ2) is 11.0. The van der Waals surface area contributed by atoms with E-state index in [9.17, 15) is 9.59 Å². The van der Waals surface area contributed by atoms with Crippen LogP contribution in [0, 0.1) is 0 Å². The quantitative estimate of drug-likeness (QED) is 0.550. The van der Waals surface area contributed by atoms with Gasteiger partial charge < -0.3 is 9.47 Å². The van der Waals surface area contributed by atoms with Crippen molar-refractivity contribution in [2.75, 3.05) is 6.61 Å². The fourth-order valence-electron chi connectivity index (χ4n) is 2.09. The van der Waals surface area contributed by atoms with Crippen LogP contribution in [0.1, 0.15) is 67.2 Å². The SMILES string of the molecule is C.C=C(C)C(=O)OC1(CC)CCCC1.C=C(C)C(=O)OCC. The highest BCUT2D eigenvalue weighted by molar-refractivity contribution is 5.87. The van der Waals surface area contributed by atoms with E-state index in [4.69, 9.17) is 4.74 Å². The molecule has 1 saturated carbocycles. The summed E-state index contributed by atoms with van der Waals surface area (Å²) in [5, 5.41) is 0. The van der Waals surface area contributed by atoms with Crippen molar-refractivity contribution in [2.24, 2.45) is 0 Å². The number of hydrogen-bond donors (Lipinski definition) is 0. The Hall–Kier alpha value is -1.58. The van der Waals surface area contributed by atoms with E-state index in [1.165, 1.54) is 12.8 Å². The third-order valence-electron chi connectivity index (χ3n) is 3.44. The molecule has 0 aromatic heterocycles. The topological polar surface area (TPSA) is 52.6 Å². The highest BCUT2D eigenvalue weighted by Gasteiger charge is 2.35. The molecule has 0 atom stereocenters. The molecule has 0 radical (unpaired) electrons. The zero-order valence-corrected chi connectivity index (χ0v) is 13.8. The van der Waals surface area contributed by atoms with Gasteiger partial charge in [-0.15, -0.1) is 0 Å². The summed E-state index contributed by atoms with van der Waals surface area (Å²) < 4.78 is 10.0. The zero-order valence-electron chi connectivity index (χ0n) is 13.8. The first kappa shape index (κ1) is 22.7. The molecule has 1 aliphatic carbocycles. The monoisotopic (exact) mass is 312 g/mol. The van der Waals surface area contributed by atoms with Crippen LogP contribution in [0.4, 0.5) is 0 Å². The predicted octanol–water partition coefficient (Wildman–Crippen LogP) is 4.59. The van der Waals surface area contributed by atoms with Crippen molar-refractivity contribution < 1.29 is 19.1 Å². The average molecular weight is 312 g/mol. The third kappa shape index (κ3) is 8.01. The van der Waals surface area contributed by atoms with Gasteiger partial charge in [-0.1, -0.05) is 27.5 Å². The summed E-state index contributed by atoms with van der Waals surface area (Å²) in [7, 11) is 0. The van der Waals surface area contributed by atoms with Crippen LogP contribution < -0.4 is 0 Å². The fraction of sp³-hybridized carbons (Fsp3) is 0.667. The Labute approximate surface area is 135 Å². The first-order valence-electron chi connectivity index (χ1n) is 7.49. The van der Waals surface area contributed by atoms with Crippen LogP contribution in [-0.2, 0) is 19.1 Å². The molecular formula is C18H32O4. The normalized spacial score (nSPS) is 14.7. The van der Waals surface area contributed by atoms with Crippen LogP contribution >= 0.6 is 0 Å². The maximum atomic E-state index is 11.3. The van der Waals surface area contributed by atoms with Gasteiger partial charge in [0.25, 0.3) is 0 Å². The summed E-state index contributed by atoms with van der Waals surface area (Å²) in [6.45, 7) is 14.6. The van der Waals surface area contributed by atoms with Crippen molar-refractivity contribution >= 4 is 11.9 Å². The van der Waals surface area contributed by atoms with Crippen molar-refractivity contribution in [1.82, 2.24) is 0 Å². The first-order chi connectivity index (χ1) is 9.78. The second-order valence-electron chi connectivity index (χ2n) is 5.41. The molecule has 0 aromatic rings. The van der Waals surface area contributed by atoms with Gasteiger partial charge in [0.15, 0.2) is 0 Å². The van der Waals surface area contributed by atoms with E-state index in [2.05, 4.69) is 24.8 Å². The van der Waals surface area contributed by atoms with E-state index in [-0.39, 0.29) is 25.0 Å². The van der Waals surface area contributed by atoms with E-state index in [0.29, 0.717) is 17.8 Å². The molecule has 0 heterocycles. The van der Waals surface area contributed by atoms with E-state index in [1.807, 2.05) is 0 Å². The maximum Gasteiger partial charge on any atom is 0.333 e. The van der Waals surface area contributed by atoms with Crippen LogP contribution in [0.3, 0.4) is 0 Å². The zero-order chi connectivity index (χ0) is 16.5. The number of rotatable bonds is 5. The number of esters is 2. The summed E-state index contributed by atoms with van der Waals surface area (Å²) in [5.41, 5.74) is 0.780. The van der Waals surface area contributed by atoms with Gasteiger partial charge in [0, 0.05) is 11.1 Å². The summed E-state index contributed by atoms with van der Waals surface area (Å²) in [6.07, 6.45) is 5.31.